The van der Waals surface area contributed by atoms with E-state index in [4.69, 9.17) is 5.11 Å². The number of hydrogen-bond acceptors (Lipinski definition) is 4. The molecule has 1 aliphatic rings. The van der Waals surface area contributed by atoms with Gasteiger partial charge in [-0.05, 0) is 30.9 Å². The van der Waals surface area contributed by atoms with Gasteiger partial charge in [-0.2, -0.15) is 4.31 Å². The Morgan fingerprint density at radius 1 is 1.42 bits per heavy atom. The summed E-state index contributed by atoms with van der Waals surface area (Å²) in [7, 11) is -3.49. The van der Waals surface area contributed by atoms with Crippen LogP contribution < -0.4 is 0 Å². The minimum Gasteiger partial charge on any atom is -0.392 e. The fourth-order valence-electron chi connectivity index (χ4n) is 1.95. The first-order valence-electron chi connectivity index (χ1n) is 6.67. The molecule has 1 heterocycles. The molecule has 1 aromatic heterocycles. The fourth-order valence-corrected chi connectivity index (χ4v) is 3.59. The molecule has 0 spiro atoms. The van der Waals surface area contributed by atoms with Crippen LogP contribution >= 0.6 is 0 Å². The summed E-state index contributed by atoms with van der Waals surface area (Å²) in [4.78, 5) is 3.97. The van der Waals surface area contributed by atoms with Gasteiger partial charge in [-0.15, -0.1) is 0 Å². The van der Waals surface area contributed by atoms with Crippen molar-refractivity contribution in [3.63, 3.8) is 0 Å². The van der Waals surface area contributed by atoms with Crippen LogP contribution in [0.1, 0.15) is 38.2 Å². The predicted molar refractivity (Wildman–Crippen MR) is 72.0 cm³/mol. The number of unbranched alkanes of at least 4 members (excludes halogenated alkanes) is 1. The van der Waals surface area contributed by atoms with Gasteiger partial charge in [0.25, 0.3) is 10.0 Å². The number of aliphatic hydroxyl groups is 1. The average Bonchev–Trinajstić information content (AvgIpc) is 3.23. The third-order valence-corrected chi connectivity index (χ3v) is 5.11. The summed E-state index contributed by atoms with van der Waals surface area (Å²) in [6.07, 6.45) is 5.13. The summed E-state index contributed by atoms with van der Waals surface area (Å²) < 4.78 is 26.6. The third kappa shape index (κ3) is 3.32. The van der Waals surface area contributed by atoms with E-state index in [1.165, 1.54) is 12.3 Å². The molecule has 5 nitrogen and oxygen atoms in total. The Bertz CT molecular complexity index is 509. The summed E-state index contributed by atoms with van der Waals surface area (Å²) in [6.45, 7) is 2.48. The van der Waals surface area contributed by atoms with Crippen LogP contribution in [0.25, 0.3) is 0 Å². The summed E-state index contributed by atoms with van der Waals surface area (Å²) >= 11 is 0. The second-order valence-electron chi connectivity index (χ2n) is 4.86. The third-order valence-electron chi connectivity index (χ3n) is 3.24. The lowest BCUT2D eigenvalue weighted by molar-refractivity contribution is 0.281. The van der Waals surface area contributed by atoms with Gasteiger partial charge < -0.3 is 5.11 Å². The topological polar surface area (TPSA) is 70.5 Å². The minimum atomic E-state index is -3.49. The van der Waals surface area contributed by atoms with E-state index >= 15 is 0 Å². The van der Waals surface area contributed by atoms with Gasteiger partial charge >= 0.3 is 0 Å². The first-order valence-corrected chi connectivity index (χ1v) is 8.11. The van der Waals surface area contributed by atoms with Gasteiger partial charge in [-0.25, -0.2) is 13.4 Å². The molecule has 1 saturated carbocycles. The molecule has 1 aliphatic carbocycles. The number of hydrogen-bond donors (Lipinski definition) is 1. The Morgan fingerprint density at radius 2 is 2.16 bits per heavy atom. The zero-order valence-corrected chi connectivity index (χ0v) is 11.9. The van der Waals surface area contributed by atoms with E-state index in [1.807, 2.05) is 6.92 Å². The van der Waals surface area contributed by atoms with Gasteiger partial charge in [-0.3, -0.25) is 0 Å². The van der Waals surface area contributed by atoms with Crippen molar-refractivity contribution in [3.05, 3.63) is 23.9 Å². The van der Waals surface area contributed by atoms with Crippen molar-refractivity contribution in [2.75, 3.05) is 6.54 Å². The summed E-state index contributed by atoms with van der Waals surface area (Å²) in [5.41, 5.74) is 0.616. The lowest BCUT2D eigenvalue weighted by Gasteiger charge is -2.21. The van der Waals surface area contributed by atoms with Crippen LogP contribution in [0, 0.1) is 0 Å². The molecule has 0 radical (unpaired) electrons. The first-order chi connectivity index (χ1) is 9.09. The van der Waals surface area contributed by atoms with Crippen LogP contribution in [0.3, 0.4) is 0 Å². The van der Waals surface area contributed by atoms with Crippen LogP contribution in [0.2, 0.25) is 0 Å². The number of rotatable bonds is 7. The zero-order chi connectivity index (χ0) is 13.9. The molecule has 2 rings (SSSR count). The van der Waals surface area contributed by atoms with Crippen LogP contribution in [0.15, 0.2) is 23.4 Å². The summed E-state index contributed by atoms with van der Waals surface area (Å²) in [6, 6.07) is 3.23. The lowest BCUT2D eigenvalue weighted by atomic mass is 10.3. The lowest BCUT2D eigenvalue weighted by Crippen LogP contribution is -2.34. The van der Waals surface area contributed by atoms with Crippen molar-refractivity contribution in [1.82, 2.24) is 9.29 Å². The Labute approximate surface area is 114 Å². The number of aromatic nitrogens is 1. The molecular formula is C13H20N2O3S. The monoisotopic (exact) mass is 284 g/mol. The predicted octanol–water partition coefficient (Wildman–Crippen LogP) is 1.53. The molecule has 0 aromatic carbocycles. The fraction of sp³-hybridized carbons (Fsp3) is 0.615. The second kappa shape index (κ2) is 5.98. The highest BCUT2D eigenvalue weighted by molar-refractivity contribution is 7.89. The smallest absolute Gasteiger partial charge is 0.260 e. The van der Waals surface area contributed by atoms with Crippen molar-refractivity contribution in [2.45, 2.75) is 50.3 Å². The number of sulfonamides is 1. The van der Waals surface area contributed by atoms with Crippen LogP contribution in [0.4, 0.5) is 0 Å². The van der Waals surface area contributed by atoms with E-state index < -0.39 is 10.0 Å². The van der Waals surface area contributed by atoms with Gasteiger partial charge in [0, 0.05) is 18.8 Å². The maximum Gasteiger partial charge on any atom is 0.260 e. The van der Waals surface area contributed by atoms with E-state index in [0.29, 0.717) is 12.1 Å². The van der Waals surface area contributed by atoms with Gasteiger partial charge in [-0.1, -0.05) is 19.4 Å². The maximum absolute atomic E-state index is 12.5. The van der Waals surface area contributed by atoms with Crippen molar-refractivity contribution in [3.8, 4) is 0 Å². The van der Waals surface area contributed by atoms with Gasteiger partial charge in [0.1, 0.15) is 0 Å². The number of nitrogens with zero attached hydrogens (tertiary/aromatic N) is 2. The Balaban J connectivity index is 2.22. The van der Waals surface area contributed by atoms with Crippen molar-refractivity contribution in [2.24, 2.45) is 0 Å². The van der Waals surface area contributed by atoms with Gasteiger partial charge in [0.05, 0.1) is 6.61 Å². The van der Waals surface area contributed by atoms with E-state index in [2.05, 4.69) is 4.98 Å². The highest BCUT2D eigenvalue weighted by Crippen LogP contribution is 2.31. The standard InChI is InChI=1S/C13H20N2O3S/c1-2-3-8-15(12-5-6-12)19(17,18)13-7-4-11(10-16)9-14-13/h4,7,9,12,16H,2-3,5-6,8,10H2,1H3. The highest BCUT2D eigenvalue weighted by Gasteiger charge is 2.38. The molecule has 1 aromatic rings. The maximum atomic E-state index is 12.5. The Kier molecular flexibility index (Phi) is 4.54. The quantitative estimate of drug-likeness (QED) is 0.824. The molecule has 0 atom stereocenters. The van der Waals surface area contributed by atoms with E-state index in [9.17, 15) is 8.42 Å². The number of pyridine rings is 1. The van der Waals surface area contributed by atoms with E-state index in [0.717, 1.165) is 25.7 Å². The molecule has 19 heavy (non-hydrogen) atoms. The van der Waals surface area contributed by atoms with Crippen molar-refractivity contribution in [1.29, 1.82) is 0 Å². The zero-order valence-electron chi connectivity index (χ0n) is 11.1. The SMILES string of the molecule is CCCCN(C1CC1)S(=O)(=O)c1ccc(CO)cn1. The highest BCUT2D eigenvalue weighted by atomic mass is 32.2. The molecule has 0 bridgehead atoms. The minimum absolute atomic E-state index is 0.0766. The largest absolute Gasteiger partial charge is 0.392 e. The van der Waals surface area contributed by atoms with Crippen molar-refractivity contribution >= 4 is 10.0 Å². The summed E-state index contributed by atoms with van der Waals surface area (Å²) in [5, 5.41) is 9.03. The van der Waals surface area contributed by atoms with Gasteiger partial charge in [0.15, 0.2) is 5.03 Å². The molecular weight excluding hydrogens is 264 g/mol. The molecule has 106 valence electrons. The Hall–Kier alpha value is -0.980. The average molecular weight is 284 g/mol. The first kappa shape index (κ1) is 14.4. The van der Waals surface area contributed by atoms with E-state index in [-0.39, 0.29) is 17.7 Å². The molecule has 1 N–H and O–H groups in total. The molecule has 0 amide bonds. The molecule has 1 fully saturated rings. The molecule has 0 aliphatic heterocycles. The normalized spacial score (nSPS) is 15.9. The van der Waals surface area contributed by atoms with Crippen LogP contribution in [-0.4, -0.2) is 35.4 Å². The van der Waals surface area contributed by atoms with E-state index in [1.54, 1.807) is 10.4 Å². The second-order valence-corrected chi connectivity index (χ2v) is 6.70. The number of aliphatic hydroxyl groups excluding tert-OH is 1. The van der Waals surface area contributed by atoms with Gasteiger partial charge in [0.2, 0.25) is 0 Å². The molecule has 0 unspecified atom stereocenters. The Morgan fingerprint density at radius 3 is 2.63 bits per heavy atom. The van der Waals surface area contributed by atoms with Crippen LogP contribution in [0.5, 0.6) is 0 Å². The molecule has 0 saturated heterocycles. The van der Waals surface area contributed by atoms with Crippen molar-refractivity contribution < 1.29 is 13.5 Å². The molecule has 6 heteroatoms. The van der Waals surface area contributed by atoms with Crippen LogP contribution in [-0.2, 0) is 16.6 Å². The summed E-state index contributed by atoms with van der Waals surface area (Å²) in [5.74, 6) is 0.